The van der Waals surface area contributed by atoms with Crippen molar-refractivity contribution in [1.29, 1.82) is 0 Å². The molecule has 13 heavy (non-hydrogen) atoms. The lowest BCUT2D eigenvalue weighted by molar-refractivity contribution is -0.0157. The van der Waals surface area contributed by atoms with E-state index in [-0.39, 0.29) is 0 Å². The minimum Gasteiger partial charge on any atom is -0.381 e. The van der Waals surface area contributed by atoms with Gasteiger partial charge in [-0.1, -0.05) is 34.1 Å². The predicted molar refractivity (Wildman–Crippen MR) is 56.7 cm³/mol. The zero-order valence-electron chi connectivity index (χ0n) is 9.55. The Hall–Kier alpha value is -0.0400. The summed E-state index contributed by atoms with van der Waals surface area (Å²) in [6.45, 7) is 11.3. The molecule has 0 spiro atoms. The second-order valence-corrected chi connectivity index (χ2v) is 4.80. The molecule has 3 atom stereocenters. The molecular weight excluding hydrogens is 160 g/mol. The van der Waals surface area contributed by atoms with Gasteiger partial charge in [0.1, 0.15) is 0 Å². The van der Waals surface area contributed by atoms with E-state index in [4.69, 9.17) is 4.74 Å². The smallest absolute Gasteiger partial charge is 0.0499 e. The molecule has 0 aromatic heterocycles. The standard InChI is InChI=1S/C12H24O/c1-5-11-6-7-13-8-12(11)10(4)9(2)3/h9-12H,5-8H2,1-4H3. The summed E-state index contributed by atoms with van der Waals surface area (Å²) >= 11 is 0. The van der Waals surface area contributed by atoms with E-state index >= 15 is 0 Å². The molecule has 78 valence electrons. The van der Waals surface area contributed by atoms with E-state index < -0.39 is 0 Å². The van der Waals surface area contributed by atoms with Crippen molar-refractivity contribution in [2.45, 2.75) is 40.5 Å². The minimum atomic E-state index is 0.792. The summed E-state index contributed by atoms with van der Waals surface area (Å²) in [6, 6.07) is 0. The van der Waals surface area contributed by atoms with Crippen molar-refractivity contribution < 1.29 is 4.74 Å². The fourth-order valence-corrected chi connectivity index (χ4v) is 2.39. The monoisotopic (exact) mass is 184 g/mol. The highest BCUT2D eigenvalue weighted by atomic mass is 16.5. The van der Waals surface area contributed by atoms with Crippen LogP contribution in [0.4, 0.5) is 0 Å². The first-order valence-electron chi connectivity index (χ1n) is 5.74. The SMILES string of the molecule is CCC1CCOCC1C(C)C(C)C. The van der Waals surface area contributed by atoms with E-state index in [2.05, 4.69) is 27.7 Å². The minimum absolute atomic E-state index is 0.792. The lowest BCUT2D eigenvalue weighted by Gasteiger charge is -2.36. The van der Waals surface area contributed by atoms with E-state index in [1.165, 1.54) is 12.8 Å². The Kier molecular flexibility index (Phi) is 4.24. The van der Waals surface area contributed by atoms with Gasteiger partial charge in [-0.15, -0.1) is 0 Å². The Morgan fingerprint density at radius 1 is 1.31 bits per heavy atom. The summed E-state index contributed by atoms with van der Waals surface area (Å²) in [5.74, 6) is 3.32. The fourth-order valence-electron chi connectivity index (χ4n) is 2.39. The van der Waals surface area contributed by atoms with Crippen molar-refractivity contribution in [3.63, 3.8) is 0 Å². The molecule has 0 amide bonds. The maximum Gasteiger partial charge on any atom is 0.0499 e. The van der Waals surface area contributed by atoms with Gasteiger partial charge in [-0.2, -0.15) is 0 Å². The van der Waals surface area contributed by atoms with Crippen molar-refractivity contribution in [3.8, 4) is 0 Å². The normalized spacial score (nSPS) is 32.1. The molecule has 0 saturated carbocycles. The highest BCUT2D eigenvalue weighted by Gasteiger charge is 2.30. The van der Waals surface area contributed by atoms with Crippen LogP contribution in [0.25, 0.3) is 0 Å². The zero-order valence-corrected chi connectivity index (χ0v) is 9.55. The quantitative estimate of drug-likeness (QED) is 0.653. The summed E-state index contributed by atoms with van der Waals surface area (Å²) in [6.07, 6.45) is 2.60. The molecule has 3 unspecified atom stereocenters. The Balaban J connectivity index is 2.53. The zero-order chi connectivity index (χ0) is 9.84. The number of rotatable bonds is 3. The van der Waals surface area contributed by atoms with Gasteiger partial charge in [0.2, 0.25) is 0 Å². The second-order valence-electron chi connectivity index (χ2n) is 4.80. The maximum atomic E-state index is 5.59. The van der Waals surface area contributed by atoms with Crippen LogP contribution < -0.4 is 0 Å². The molecule has 1 fully saturated rings. The van der Waals surface area contributed by atoms with E-state index in [1.807, 2.05) is 0 Å². The Morgan fingerprint density at radius 3 is 2.54 bits per heavy atom. The molecule has 1 heteroatoms. The lowest BCUT2D eigenvalue weighted by Crippen LogP contribution is -2.33. The average Bonchev–Trinajstić information content (AvgIpc) is 2.16. The maximum absolute atomic E-state index is 5.59. The van der Waals surface area contributed by atoms with E-state index in [9.17, 15) is 0 Å². The summed E-state index contributed by atoms with van der Waals surface area (Å²) in [4.78, 5) is 0. The summed E-state index contributed by atoms with van der Waals surface area (Å²) in [7, 11) is 0. The highest BCUT2D eigenvalue weighted by molar-refractivity contribution is 4.78. The lowest BCUT2D eigenvalue weighted by atomic mass is 9.74. The highest BCUT2D eigenvalue weighted by Crippen LogP contribution is 2.33. The van der Waals surface area contributed by atoms with Crippen molar-refractivity contribution in [1.82, 2.24) is 0 Å². The van der Waals surface area contributed by atoms with Gasteiger partial charge in [-0.25, -0.2) is 0 Å². The first-order valence-corrected chi connectivity index (χ1v) is 5.74. The van der Waals surface area contributed by atoms with Gasteiger partial charge in [0, 0.05) is 13.2 Å². The van der Waals surface area contributed by atoms with Crippen LogP contribution in [0.1, 0.15) is 40.5 Å². The van der Waals surface area contributed by atoms with Crippen LogP contribution in [0, 0.1) is 23.7 Å². The van der Waals surface area contributed by atoms with Gasteiger partial charge in [-0.05, 0) is 30.1 Å². The molecule has 1 saturated heterocycles. The van der Waals surface area contributed by atoms with Crippen molar-refractivity contribution >= 4 is 0 Å². The van der Waals surface area contributed by atoms with Gasteiger partial charge in [-0.3, -0.25) is 0 Å². The molecule has 1 nitrogen and oxygen atoms in total. The first kappa shape index (κ1) is 11.0. The largest absolute Gasteiger partial charge is 0.381 e. The van der Waals surface area contributed by atoms with E-state index in [0.29, 0.717) is 0 Å². The molecule has 0 aliphatic carbocycles. The fraction of sp³-hybridized carbons (Fsp3) is 1.00. The van der Waals surface area contributed by atoms with Crippen LogP contribution in [-0.2, 0) is 4.74 Å². The van der Waals surface area contributed by atoms with Crippen LogP contribution in [0.2, 0.25) is 0 Å². The molecule has 1 aliphatic rings. The summed E-state index contributed by atoms with van der Waals surface area (Å²) in [5, 5.41) is 0. The van der Waals surface area contributed by atoms with E-state index in [0.717, 1.165) is 36.9 Å². The van der Waals surface area contributed by atoms with Gasteiger partial charge < -0.3 is 4.74 Å². The Bertz CT molecular complexity index is 140. The molecule has 0 aromatic rings. The molecule has 0 N–H and O–H groups in total. The van der Waals surface area contributed by atoms with Gasteiger partial charge in [0.15, 0.2) is 0 Å². The van der Waals surface area contributed by atoms with Crippen LogP contribution in [0.15, 0.2) is 0 Å². The summed E-state index contributed by atoms with van der Waals surface area (Å²) in [5.41, 5.74) is 0. The second kappa shape index (κ2) is 4.99. The van der Waals surface area contributed by atoms with Gasteiger partial charge in [0.05, 0.1) is 0 Å². The third-order valence-electron chi connectivity index (χ3n) is 3.80. The molecule has 0 aromatic carbocycles. The van der Waals surface area contributed by atoms with Crippen molar-refractivity contribution in [2.75, 3.05) is 13.2 Å². The van der Waals surface area contributed by atoms with Crippen LogP contribution in [-0.4, -0.2) is 13.2 Å². The van der Waals surface area contributed by atoms with Gasteiger partial charge in [0.25, 0.3) is 0 Å². The number of ether oxygens (including phenoxy) is 1. The Morgan fingerprint density at radius 2 is 2.00 bits per heavy atom. The van der Waals surface area contributed by atoms with Crippen molar-refractivity contribution in [3.05, 3.63) is 0 Å². The third kappa shape index (κ3) is 2.70. The molecule has 0 radical (unpaired) electrons. The number of hydrogen-bond donors (Lipinski definition) is 0. The summed E-state index contributed by atoms with van der Waals surface area (Å²) < 4.78 is 5.59. The predicted octanol–water partition coefficient (Wildman–Crippen LogP) is 3.34. The molecular formula is C12H24O. The van der Waals surface area contributed by atoms with Crippen LogP contribution in [0.3, 0.4) is 0 Å². The van der Waals surface area contributed by atoms with Crippen LogP contribution >= 0.6 is 0 Å². The number of hydrogen-bond acceptors (Lipinski definition) is 1. The van der Waals surface area contributed by atoms with Crippen LogP contribution in [0.5, 0.6) is 0 Å². The molecule has 0 bridgehead atoms. The first-order chi connectivity index (χ1) is 6.16. The van der Waals surface area contributed by atoms with E-state index in [1.54, 1.807) is 0 Å². The Labute approximate surface area is 82.9 Å². The third-order valence-corrected chi connectivity index (χ3v) is 3.80. The molecule has 1 aliphatic heterocycles. The molecule has 1 rings (SSSR count). The average molecular weight is 184 g/mol. The molecule has 1 heterocycles. The van der Waals surface area contributed by atoms with Crippen molar-refractivity contribution in [2.24, 2.45) is 23.7 Å². The topological polar surface area (TPSA) is 9.23 Å². The van der Waals surface area contributed by atoms with Gasteiger partial charge >= 0.3 is 0 Å².